The number of hydrogen-bond acceptors (Lipinski definition) is 4. The smallest absolute Gasteiger partial charge is 0.249 e. The maximum atomic E-state index is 12.9. The lowest BCUT2D eigenvalue weighted by Gasteiger charge is -2.28. The van der Waals surface area contributed by atoms with Gasteiger partial charge < -0.3 is 9.47 Å². The lowest BCUT2D eigenvalue weighted by Crippen LogP contribution is -2.44. The zero-order valence-corrected chi connectivity index (χ0v) is 13.4. The molecule has 1 fully saturated rings. The molecule has 0 N–H and O–H groups in total. The van der Waals surface area contributed by atoms with Crippen LogP contribution < -0.4 is 4.74 Å². The minimum absolute atomic E-state index is 0.0748. The Labute approximate surface area is 120 Å². The van der Waals surface area contributed by atoms with Gasteiger partial charge in [0.05, 0.1) is 19.3 Å². The summed E-state index contributed by atoms with van der Waals surface area (Å²) in [7, 11) is -2.16. The van der Waals surface area contributed by atoms with Gasteiger partial charge in [-0.25, -0.2) is 8.42 Å². The normalized spacial score (nSPS) is 19.2. The third-order valence-electron chi connectivity index (χ3n) is 3.69. The molecule has 2 rings (SSSR count). The second kappa shape index (κ2) is 5.02. The summed E-state index contributed by atoms with van der Waals surface area (Å²) in [5.74, 6) is 0.371. The van der Waals surface area contributed by atoms with Crippen LogP contribution in [0.3, 0.4) is 0 Å². The molecule has 0 bridgehead atoms. The van der Waals surface area contributed by atoms with E-state index in [4.69, 9.17) is 9.47 Å². The molecular formula is C14H21NO4S. The predicted molar refractivity (Wildman–Crippen MR) is 76.4 cm³/mol. The summed E-state index contributed by atoms with van der Waals surface area (Å²) < 4.78 is 37.7. The maximum Gasteiger partial charge on any atom is 0.249 e. The highest BCUT2D eigenvalue weighted by Gasteiger charge is 2.43. The Morgan fingerprint density at radius 3 is 2.35 bits per heavy atom. The predicted octanol–water partition coefficient (Wildman–Crippen LogP) is 2.07. The summed E-state index contributed by atoms with van der Waals surface area (Å²) >= 11 is 0. The minimum atomic E-state index is -3.65. The second-order valence-corrected chi connectivity index (χ2v) is 7.56. The first-order valence-electron chi connectivity index (χ1n) is 6.46. The van der Waals surface area contributed by atoms with Gasteiger partial charge in [0.2, 0.25) is 10.0 Å². The molecule has 0 aliphatic carbocycles. The molecule has 1 heterocycles. The van der Waals surface area contributed by atoms with Crippen molar-refractivity contribution in [2.45, 2.75) is 38.1 Å². The molecule has 0 spiro atoms. The van der Waals surface area contributed by atoms with Gasteiger partial charge in [0.15, 0.2) is 0 Å². The molecule has 0 atom stereocenters. The SMILES string of the molecule is COc1cc(C)c(C)cc1S(=O)(=O)N1COCC1(C)C. The van der Waals surface area contributed by atoms with Crippen molar-refractivity contribution in [2.24, 2.45) is 0 Å². The first-order valence-corrected chi connectivity index (χ1v) is 7.90. The van der Waals surface area contributed by atoms with Crippen molar-refractivity contribution in [1.29, 1.82) is 0 Å². The highest BCUT2D eigenvalue weighted by atomic mass is 32.2. The van der Waals surface area contributed by atoms with Crippen LogP contribution in [0.1, 0.15) is 25.0 Å². The third-order valence-corrected chi connectivity index (χ3v) is 5.74. The van der Waals surface area contributed by atoms with Crippen LogP contribution in [0.2, 0.25) is 0 Å². The second-order valence-electron chi connectivity index (χ2n) is 5.73. The van der Waals surface area contributed by atoms with Gasteiger partial charge in [0.1, 0.15) is 17.4 Å². The van der Waals surface area contributed by atoms with Crippen molar-refractivity contribution in [3.05, 3.63) is 23.3 Å². The van der Waals surface area contributed by atoms with Crippen molar-refractivity contribution < 1.29 is 17.9 Å². The van der Waals surface area contributed by atoms with Crippen molar-refractivity contribution >= 4 is 10.0 Å². The van der Waals surface area contributed by atoms with Crippen LogP contribution in [0.4, 0.5) is 0 Å². The molecule has 1 aliphatic heterocycles. The molecule has 6 heteroatoms. The van der Waals surface area contributed by atoms with Crippen LogP contribution in [0.15, 0.2) is 17.0 Å². The van der Waals surface area contributed by atoms with E-state index in [9.17, 15) is 8.42 Å². The molecule has 1 aliphatic rings. The number of ether oxygens (including phenoxy) is 2. The first-order chi connectivity index (χ1) is 9.20. The largest absolute Gasteiger partial charge is 0.495 e. The van der Waals surface area contributed by atoms with Crippen LogP contribution in [0.5, 0.6) is 5.75 Å². The number of methoxy groups -OCH3 is 1. The number of nitrogens with zero attached hydrogens (tertiary/aromatic N) is 1. The number of hydrogen-bond donors (Lipinski definition) is 0. The van der Waals surface area contributed by atoms with Crippen LogP contribution >= 0.6 is 0 Å². The van der Waals surface area contributed by atoms with Crippen LogP contribution in [0.25, 0.3) is 0 Å². The molecule has 112 valence electrons. The van der Waals surface area contributed by atoms with E-state index < -0.39 is 15.6 Å². The van der Waals surface area contributed by atoms with E-state index in [0.29, 0.717) is 12.4 Å². The molecule has 0 unspecified atom stereocenters. The Morgan fingerprint density at radius 1 is 1.25 bits per heavy atom. The van der Waals surface area contributed by atoms with E-state index in [-0.39, 0.29) is 11.6 Å². The summed E-state index contributed by atoms with van der Waals surface area (Å²) in [6.07, 6.45) is 0. The molecular weight excluding hydrogens is 278 g/mol. The molecule has 5 nitrogen and oxygen atoms in total. The van der Waals surface area contributed by atoms with Crippen LogP contribution in [0, 0.1) is 13.8 Å². The van der Waals surface area contributed by atoms with E-state index in [1.165, 1.54) is 11.4 Å². The van der Waals surface area contributed by atoms with Gasteiger partial charge in [-0.2, -0.15) is 4.31 Å². The maximum absolute atomic E-state index is 12.9. The summed E-state index contributed by atoms with van der Waals surface area (Å²) in [6.45, 7) is 7.98. The van der Waals surface area contributed by atoms with Crippen LogP contribution in [-0.4, -0.2) is 38.7 Å². The zero-order valence-electron chi connectivity index (χ0n) is 12.6. The molecule has 1 saturated heterocycles. The molecule has 0 aromatic heterocycles. The number of benzene rings is 1. The van der Waals surface area contributed by atoms with Crippen molar-refractivity contribution in [2.75, 3.05) is 20.4 Å². The third kappa shape index (κ3) is 2.43. The van der Waals surface area contributed by atoms with Crippen molar-refractivity contribution in [3.63, 3.8) is 0 Å². The molecule has 0 saturated carbocycles. The topological polar surface area (TPSA) is 55.8 Å². The monoisotopic (exact) mass is 299 g/mol. The standard InChI is InChI=1S/C14H21NO4S/c1-10-6-12(18-5)13(7-11(10)2)20(16,17)15-9-19-8-14(15,3)4/h6-7H,8-9H2,1-5H3. The summed E-state index contributed by atoms with van der Waals surface area (Å²) in [5.41, 5.74) is 1.36. The summed E-state index contributed by atoms with van der Waals surface area (Å²) in [6, 6.07) is 3.42. The van der Waals surface area contributed by atoms with Gasteiger partial charge >= 0.3 is 0 Å². The Morgan fingerprint density at radius 2 is 1.85 bits per heavy atom. The van der Waals surface area contributed by atoms with Gasteiger partial charge in [-0.15, -0.1) is 0 Å². The number of rotatable bonds is 3. The fourth-order valence-electron chi connectivity index (χ4n) is 2.26. The zero-order chi connectivity index (χ0) is 15.1. The summed E-state index contributed by atoms with van der Waals surface area (Å²) in [4.78, 5) is 0.196. The van der Waals surface area contributed by atoms with Gasteiger partial charge in [0, 0.05) is 0 Å². The van der Waals surface area contributed by atoms with Gasteiger partial charge in [-0.05, 0) is 51.0 Å². The van der Waals surface area contributed by atoms with Crippen molar-refractivity contribution in [1.82, 2.24) is 4.31 Å². The van der Waals surface area contributed by atoms with E-state index >= 15 is 0 Å². The van der Waals surface area contributed by atoms with Gasteiger partial charge in [-0.3, -0.25) is 0 Å². The molecule has 0 amide bonds. The van der Waals surface area contributed by atoms with Crippen molar-refractivity contribution in [3.8, 4) is 5.75 Å². The van der Waals surface area contributed by atoms with Crippen LogP contribution in [-0.2, 0) is 14.8 Å². The number of aryl methyl sites for hydroxylation is 2. The number of sulfonamides is 1. The van der Waals surface area contributed by atoms with Gasteiger partial charge in [0.25, 0.3) is 0 Å². The lowest BCUT2D eigenvalue weighted by molar-refractivity contribution is 0.171. The Hall–Kier alpha value is -1.11. The van der Waals surface area contributed by atoms with E-state index in [1.54, 1.807) is 12.1 Å². The highest BCUT2D eigenvalue weighted by molar-refractivity contribution is 7.89. The van der Waals surface area contributed by atoms with Gasteiger partial charge in [-0.1, -0.05) is 0 Å². The summed E-state index contributed by atoms with van der Waals surface area (Å²) in [5, 5.41) is 0. The van der Waals surface area contributed by atoms with E-state index in [0.717, 1.165) is 11.1 Å². The fraction of sp³-hybridized carbons (Fsp3) is 0.571. The molecule has 20 heavy (non-hydrogen) atoms. The first kappa shape index (κ1) is 15.3. The van der Waals surface area contributed by atoms with E-state index in [2.05, 4.69) is 0 Å². The van der Waals surface area contributed by atoms with E-state index in [1.807, 2.05) is 27.7 Å². The average molecular weight is 299 g/mol. The molecule has 0 radical (unpaired) electrons. The minimum Gasteiger partial charge on any atom is -0.495 e. The molecule has 1 aromatic carbocycles. The average Bonchev–Trinajstić information content (AvgIpc) is 2.72. The molecule has 1 aromatic rings. The Bertz CT molecular complexity index is 622. The Balaban J connectivity index is 2.58. The highest BCUT2D eigenvalue weighted by Crippen LogP contribution is 2.34. The fourth-order valence-corrected chi connectivity index (χ4v) is 4.14. The quantitative estimate of drug-likeness (QED) is 0.857. The Kier molecular flexibility index (Phi) is 3.83. The lowest BCUT2D eigenvalue weighted by atomic mass is 10.1.